The molecule has 0 spiro atoms. The van der Waals surface area contributed by atoms with Gasteiger partial charge in [-0.3, -0.25) is 19.7 Å². The molecule has 9 heteroatoms. The van der Waals surface area contributed by atoms with Gasteiger partial charge in [0.1, 0.15) is 0 Å². The van der Waals surface area contributed by atoms with Crippen LogP contribution in [0, 0.1) is 5.41 Å². The van der Waals surface area contributed by atoms with E-state index < -0.39 is 35.0 Å². The van der Waals surface area contributed by atoms with Crippen LogP contribution in [0.1, 0.15) is 118 Å². The summed E-state index contributed by atoms with van der Waals surface area (Å²) in [5.41, 5.74) is -2.04. The van der Waals surface area contributed by atoms with Crippen molar-refractivity contribution in [3.63, 3.8) is 0 Å². The van der Waals surface area contributed by atoms with Crippen LogP contribution < -0.4 is 14.8 Å². The fraction of sp³-hybridized carbons (Fsp3) is 0.677. The smallest absolute Gasteiger partial charge is 0.364 e. The highest BCUT2D eigenvalue weighted by Gasteiger charge is 2.44. The molecule has 0 amide bonds. The van der Waals surface area contributed by atoms with Crippen molar-refractivity contribution in [3.05, 3.63) is 23.8 Å². The first-order valence-corrected chi connectivity index (χ1v) is 14.5. The Morgan fingerprint density at radius 3 is 1.88 bits per heavy atom. The zero-order chi connectivity index (χ0) is 30.3. The van der Waals surface area contributed by atoms with Crippen molar-refractivity contribution in [3.8, 4) is 11.5 Å². The van der Waals surface area contributed by atoms with E-state index in [4.69, 9.17) is 14.2 Å². The van der Waals surface area contributed by atoms with Gasteiger partial charge in [0.15, 0.2) is 11.5 Å². The number of carboxylic acids is 1. The molecule has 1 aromatic carbocycles. The third-order valence-corrected chi connectivity index (χ3v) is 6.28. The standard InChI is InChI=1S/C31H49NO8/c1-8-11-13-15-26(33)38-24-18-17-23(19-25(24)39-27(34)16-14-12-9-2)20-31(29(36)37,32-22(4)10-3)40-28(35)21-30(5,6)7/h17-19,22,32H,8-16,20-21H2,1-7H3,(H,36,37)/t22?,31-/m0/s1. The number of carbonyl (C=O) groups is 4. The molecule has 0 bridgehead atoms. The van der Waals surface area contributed by atoms with Crippen LogP contribution in [0.5, 0.6) is 11.5 Å². The maximum Gasteiger partial charge on any atom is 0.364 e. The van der Waals surface area contributed by atoms with Crippen molar-refractivity contribution in [1.82, 2.24) is 5.32 Å². The van der Waals surface area contributed by atoms with Crippen LogP contribution in [0.3, 0.4) is 0 Å². The molecule has 1 rings (SSSR count). The highest BCUT2D eigenvalue weighted by Crippen LogP contribution is 2.32. The van der Waals surface area contributed by atoms with Crippen molar-refractivity contribution in [1.29, 1.82) is 0 Å². The normalized spacial score (nSPS) is 13.7. The molecule has 0 radical (unpaired) electrons. The van der Waals surface area contributed by atoms with Crippen LogP contribution in [0.4, 0.5) is 0 Å². The quantitative estimate of drug-likeness (QED) is 0.0908. The van der Waals surface area contributed by atoms with Gasteiger partial charge in [-0.1, -0.05) is 73.3 Å². The Bertz CT molecular complexity index is 984. The number of unbranched alkanes of at least 4 members (excludes halogenated alkanes) is 4. The number of benzene rings is 1. The number of carboxylic acid groups (broad SMARTS) is 1. The first kappa shape index (κ1) is 35.1. The fourth-order valence-corrected chi connectivity index (χ4v) is 3.96. The summed E-state index contributed by atoms with van der Waals surface area (Å²) < 4.78 is 16.8. The minimum atomic E-state index is -2.06. The van der Waals surface area contributed by atoms with E-state index in [2.05, 4.69) is 5.32 Å². The van der Waals surface area contributed by atoms with Gasteiger partial charge in [0.25, 0.3) is 5.72 Å². The fourth-order valence-electron chi connectivity index (χ4n) is 3.96. The van der Waals surface area contributed by atoms with Gasteiger partial charge >= 0.3 is 23.9 Å². The number of ether oxygens (including phenoxy) is 3. The maximum absolute atomic E-state index is 12.8. The van der Waals surface area contributed by atoms with Gasteiger partial charge in [-0.2, -0.15) is 0 Å². The van der Waals surface area contributed by atoms with Gasteiger partial charge in [0.05, 0.1) is 6.42 Å². The van der Waals surface area contributed by atoms with Gasteiger partial charge in [-0.15, -0.1) is 0 Å². The second-order valence-electron chi connectivity index (χ2n) is 11.6. The predicted octanol–water partition coefficient (Wildman–Crippen LogP) is 6.35. The summed E-state index contributed by atoms with van der Waals surface area (Å²) >= 11 is 0. The molecular formula is C31H49NO8. The molecular weight excluding hydrogens is 514 g/mol. The Morgan fingerprint density at radius 2 is 1.40 bits per heavy atom. The van der Waals surface area contributed by atoms with Gasteiger partial charge in [-0.25, -0.2) is 4.79 Å². The number of carbonyl (C=O) groups excluding carboxylic acids is 3. The molecule has 1 unspecified atom stereocenters. The molecule has 2 N–H and O–H groups in total. The molecule has 9 nitrogen and oxygen atoms in total. The predicted molar refractivity (Wildman–Crippen MR) is 153 cm³/mol. The molecule has 0 heterocycles. The zero-order valence-electron chi connectivity index (χ0n) is 25.4. The van der Waals surface area contributed by atoms with Gasteiger partial charge in [0.2, 0.25) is 0 Å². The molecule has 0 saturated carbocycles. The Morgan fingerprint density at radius 1 is 0.850 bits per heavy atom. The number of nitrogens with one attached hydrogen (secondary N) is 1. The van der Waals surface area contributed by atoms with Gasteiger partial charge in [-0.05, 0) is 49.3 Å². The molecule has 1 aromatic rings. The van der Waals surface area contributed by atoms with E-state index in [9.17, 15) is 24.3 Å². The Kier molecular flexibility index (Phi) is 14.9. The van der Waals surface area contributed by atoms with E-state index in [1.165, 1.54) is 12.1 Å². The number of aliphatic carboxylic acids is 1. The number of hydrogen-bond donors (Lipinski definition) is 2. The average Bonchev–Trinajstić information content (AvgIpc) is 2.84. The summed E-state index contributed by atoms with van der Waals surface area (Å²) in [6.07, 6.45) is 5.80. The van der Waals surface area contributed by atoms with Crippen molar-refractivity contribution < 1.29 is 38.5 Å². The Hall–Kier alpha value is -2.94. The summed E-state index contributed by atoms with van der Waals surface area (Å²) in [6, 6.07) is 4.25. The Labute approximate surface area is 239 Å². The largest absolute Gasteiger partial charge is 0.477 e. The highest BCUT2D eigenvalue weighted by atomic mass is 16.6. The molecule has 0 aliphatic heterocycles. The Balaban J connectivity index is 3.40. The van der Waals surface area contributed by atoms with E-state index in [0.29, 0.717) is 24.8 Å². The number of esters is 3. The highest BCUT2D eigenvalue weighted by molar-refractivity contribution is 5.82. The summed E-state index contributed by atoms with van der Waals surface area (Å²) in [7, 11) is 0. The van der Waals surface area contributed by atoms with E-state index in [1.54, 1.807) is 13.0 Å². The van der Waals surface area contributed by atoms with Crippen molar-refractivity contribution >= 4 is 23.9 Å². The van der Waals surface area contributed by atoms with Crippen LogP contribution in [0.2, 0.25) is 0 Å². The van der Waals surface area contributed by atoms with Crippen LogP contribution in [0.15, 0.2) is 18.2 Å². The molecule has 40 heavy (non-hydrogen) atoms. The van der Waals surface area contributed by atoms with Crippen LogP contribution >= 0.6 is 0 Å². The molecule has 0 saturated heterocycles. The summed E-state index contributed by atoms with van der Waals surface area (Å²) in [5, 5.41) is 13.3. The summed E-state index contributed by atoms with van der Waals surface area (Å²) in [6.45, 7) is 13.3. The third kappa shape index (κ3) is 12.9. The van der Waals surface area contributed by atoms with E-state index in [0.717, 1.165) is 25.7 Å². The lowest BCUT2D eigenvalue weighted by molar-refractivity contribution is -0.185. The van der Waals surface area contributed by atoms with Gasteiger partial charge in [0, 0.05) is 25.3 Å². The molecule has 0 aromatic heterocycles. The van der Waals surface area contributed by atoms with Crippen LogP contribution in [-0.4, -0.2) is 40.8 Å². The first-order valence-electron chi connectivity index (χ1n) is 14.5. The van der Waals surface area contributed by atoms with E-state index >= 15 is 0 Å². The lowest BCUT2D eigenvalue weighted by Gasteiger charge is -2.34. The minimum Gasteiger partial charge on any atom is -0.477 e. The first-order chi connectivity index (χ1) is 18.7. The zero-order valence-corrected chi connectivity index (χ0v) is 25.4. The van der Waals surface area contributed by atoms with E-state index in [1.807, 2.05) is 41.5 Å². The lowest BCUT2D eigenvalue weighted by atomic mass is 9.92. The average molecular weight is 564 g/mol. The SMILES string of the molecule is CCCCCC(=O)Oc1ccc(C[C@](NC(C)CC)(OC(=O)CC(C)(C)C)C(=O)O)cc1OC(=O)CCCCC. The van der Waals surface area contributed by atoms with Crippen molar-refractivity contribution in [2.24, 2.45) is 5.41 Å². The minimum absolute atomic E-state index is 0.0201. The third-order valence-electron chi connectivity index (χ3n) is 6.28. The number of hydrogen-bond acceptors (Lipinski definition) is 8. The van der Waals surface area contributed by atoms with Crippen LogP contribution in [-0.2, 0) is 30.3 Å². The van der Waals surface area contributed by atoms with Crippen molar-refractivity contribution in [2.45, 2.75) is 131 Å². The second kappa shape index (κ2) is 17.0. The number of rotatable bonds is 18. The monoisotopic (exact) mass is 563 g/mol. The summed E-state index contributed by atoms with van der Waals surface area (Å²) in [5.74, 6) is -2.82. The molecule has 2 atom stereocenters. The van der Waals surface area contributed by atoms with E-state index in [-0.39, 0.29) is 43.2 Å². The molecule has 0 aliphatic rings. The second-order valence-corrected chi connectivity index (χ2v) is 11.6. The van der Waals surface area contributed by atoms with Gasteiger partial charge < -0.3 is 19.3 Å². The maximum atomic E-state index is 12.8. The molecule has 0 fully saturated rings. The lowest BCUT2D eigenvalue weighted by Crippen LogP contribution is -2.59. The molecule has 226 valence electrons. The summed E-state index contributed by atoms with van der Waals surface area (Å²) in [4.78, 5) is 50.4. The molecule has 0 aliphatic carbocycles. The topological polar surface area (TPSA) is 128 Å². The van der Waals surface area contributed by atoms with Crippen molar-refractivity contribution in [2.75, 3.05) is 0 Å². The van der Waals surface area contributed by atoms with Crippen LogP contribution in [0.25, 0.3) is 0 Å².